The lowest BCUT2D eigenvalue weighted by Crippen LogP contribution is -2.36. The van der Waals surface area contributed by atoms with Crippen molar-refractivity contribution in [3.63, 3.8) is 0 Å². The number of rotatable bonds is 3. The van der Waals surface area contributed by atoms with Gasteiger partial charge in [-0.1, -0.05) is 40.5 Å². The molecule has 0 aromatic heterocycles. The third kappa shape index (κ3) is 4.42. The minimum absolute atomic E-state index is 1.19. The standard InChI is InChI=1S/C16H23N2.CH3Br/c1-4-9-17(10-5-1)12-13-18-11-8-15-6-2-3-7-16(15)14-18;1-2/h2-3,6-7,14H,1,4-5,8-13H2;1H3/q+1;. The Morgan fingerprint density at radius 1 is 1.10 bits per heavy atom. The summed E-state index contributed by atoms with van der Waals surface area (Å²) in [6, 6.07) is 8.79. The first kappa shape index (κ1) is 15.7. The number of likely N-dealkylation sites (tertiary alicyclic amines) is 1. The van der Waals surface area contributed by atoms with E-state index in [1.807, 2.05) is 5.83 Å². The van der Waals surface area contributed by atoms with Crippen LogP contribution in [0.3, 0.4) is 0 Å². The van der Waals surface area contributed by atoms with E-state index in [2.05, 4.69) is 55.9 Å². The smallest absolute Gasteiger partial charge is 0.171 e. The maximum atomic E-state index is 2.94. The topological polar surface area (TPSA) is 6.25 Å². The monoisotopic (exact) mass is 337 g/mol. The van der Waals surface area contributed by atoms with Gasteiger partial charge in [0.25, 0.3) is 0 Å². The summed E-state index contributed by atoms with van der Waals surface area (Å²) in [5.74, 6) is 1.81. The molecule has 0 radical (unpaired) electrons. The summed E-state index contributed by atoms with van der Waals surface area (Å²) in [5, 5.41) is 0. The van der Waals surface area contributed by atoms with E-state index in [-0.39, 0.29) is 0 Å². The van der Waals surface area contributed by atoms with Crippen LogP contribution < -0.4 is 0 Å². The van der Waals surface area contributed by atoms with Gasteiger partial charge in [-0.25, -0.2) is 4.58 Å². The van der Waals surface area contributed by atoms with Gasteiger partial charge >= 0.3 is 0 Å². The van der Waals surface area contributed by atoms with Gasteiger partial charge < -0.3 is 0 Å². The molecule has 20 heavy (non-hydrogen) atoms. The molecule has 2 nitrogen and oxygen atoms in total. The quantitative estimate of drug-likeness (QED) is 0.606. The predicted molar refractivity (Wildman–Crippen MR) is 90.4 cm³/mol. The second kappa shape index (κ2) is 8.58. The fourth-order valence-corrected chi connectivity index (χ4v) is 3.04. The van der Waals surface area contributed by atoms with Crippen LogP contribution in [0.4, 0.5) is 0 Å². The first-order valence-electron chi connectivity index (χ1n) is 7.69. The molecule has 2 aliphatic rings. The van der Waals surface area contributed by atoms with E-state index in [0.717, 1.165) is 0 Å². The molecular weight excluding hydrogens is 312 g/mol. The van der Waals surface area contributed by atoms with Crippen LogP contribution >= 0.6 is 15.9 Å². The highest BCUT2D eigenvalue weighted by molar-refractivity contribution is 9.08. The zero-order valence-electron chi connectivity index (χ0n) is 12.5. The Hall–Kier alpha value is -0.670. The van der Waals surface area contributed by atoms with Crippen LogP contribution in [-0.2, 0) is 6.42 Å². The molecule has 0 bridgehead atoms. The van der Waals surface area contributed by atoms with Crippen molar-refractivity contribution in [3.8, 4) is 0 Å². The number of hydrogen-bond acceptors (Lipinski definition) is 1. The van der Waals surface area contributed by atoms with Crippen molar-refractivity contribution in [2.75, 3.05) is 38.6 Å². The number of hydrogen-bond donors (Lipinski definition) is 0. The number of piperidine rings is 1. The van der Waals surface area contributed by atoms with Gasteiger partial charge in [-0.15, -0.1) is 0 Å². The fourth-order valence-electron chi connectivity index (χ4n) is 3.04. The van der Waals surface area contributed by atoms with Crippen LogP contribution in [0.1, 0.15) is 30.4 Å². The van der Waals surface area contributed by atoms with E-state index in [0.29, 0.717) is 0 Å². The van der Waals surface area contributed by atoms with Gasteiger partial charge in [-0.2, -0.15) is 0 Å². The van der Waals surface area contributed by atoms with Crippen molar-refractivity contribution in [1.29, 1.82) is 0 Å². The predicted octanol–water partition coefficient (Wildman–Crippen LogP) is 3.17. The normalized spacial score (nSPS) is 18.6. The van der Waals surface area contributed by atoms with Crippen molar-refractivity contribution in [3.05, 3.63) is 35.4 Å². The highest BCUT2D eigenvalue weighted by Gasteiger charge is 2.17. The first-order valence-corrected chi connectivity index (χ1v) is 9.27. The van der Waals surface area contributed by atoms with Crippen LogP contribution in [-0.4, -0.2) is 54.2 Å². The fraction of sp³-hybridized carbons (Fsp3) is 0.588. The summed E-state index contributed by atoms with van der Waals surface area (Å²) in [6.45, 7) is 6.23. The molecule has 1 aromatic rings. The molecule has 1 fully saturated rings. The highest BCUT2D eigenvalue weighted by atomic mass is 79.9. The summed E-state index contributed by atoms with van der Waals surface area (Å²) >= 11 is 2.94. The maximum Gasteiger partial charge on any atom is 0.171 e. The summed E-state index contributed by atoms with van der Waals surface area (Å²) < 4.78 is 2.50. The molecule has 110 valence electrons. The van der Waals surface area contributed by atoms with E-state index in [1.54, 1.807) is 0 Å². The molecule has 1 aromatic carbocycles. The molecule has 3 heteroatoms. The van der Waals surface area contributed by atoms with E-state index in [1.165, 1.54) is 69.5 Å². The molecule has 0 spiro atoms. The first-order chi connectivity index (χ1) is 9.92. The molecule has 2 heterocycles. The number of fused-ring (bicyclic) bond motifs is 1. The molecule has 1 saturated heterocycles. The van der Waals surface area contributed by atoms with Crippen LogP contribution in [0.5, 0.6) is 0 Å². The Labute approximate surface area is 131 Å². The van der Waals surface area contributed by atoms with Gasteiger partial charge in [0, 0.05) is 12.0 Å². The second-order valence-corrected chi connectivity index (χ2v) is 5.52. The Morgan fingerprint density at radius 2 is 1.85 bits per heavy atom. The van der Waals surface area contributed by atoms with Crippen molar-refractivity contribution in [1.82, 2.24) is 4.90 Å². The number of benzene rings is 1. The lowest BCUT2D eigenvalue weighted by Gasteiger charge is -2.25. The van der Waals surface area contributed by atoms with Crippen LogP contribution in [0.25, 0.3) is 0 Å². The number of halogens is 1. The molecule has 0 aliphatic carbocycles. The Kier molecular flexibility index (Phi) is 6.74. The lowest BCUT2D eigenvalue weighted by molar-refractivity contribution is -0.524. The number of alkyl halides is 1. The van der Waals surface area contributed by atoms with Crippen molar-refractivity contribution in [2.24, 2.45) is 0 Å². The van der Waals surface area contributed by atoms with E-state index < -0.39 is 0 Å². The van der Waals surface area contributed by atoms with E-state index in [4.69, 9.17) is 0 Å². The van der Waals surface area contributed by atoms with Gasteiger partial charge in [0.2, 0.25) is 0 Å². The van der Waals surface area contributed by atoms with Crippen molar-refractivity contribution >= 4 is 22.1 Å². The van der Waals surface area contributed by atoms with Crippen LogP contribution in [0.15, 0.2) is 24.3 Å². The lowest BCUT2D eigenvalue weighted by atomic mass is 10.0. The highest BCUT2D eigenvalue weighted by Crippen LogP contribution is 2.12. The molecule has 0 unspecified atom stereocenters. The minimum atomic E-state index is 1.19. The maximum absolute atomic E-state index is 2.94. The van der Waals surface area contributed by atoms with E-state index in [9.17, 15) is 0 Å². The molecule has 0 N–H and O–H groups in total. The van der Waals surface area contributed by atoms with E-state index >= 15 is 0 Å². The van der Waals surface area contributed by atoms with Crippen molar-refractivity contribution < 1.29 is 4.58 Å². The molecule has 0 atom stereocenters. The van der Waals surface area contributed by atoms with Gasteiger partial charge in [-0.3, -0.25) is 4.90 Å². The SMILES string of the molecule is C1=[N+](CCN2CCCCC2)CCc2ccccc21.CBr. The molecule has 3 rings (SSSR count). The Morgan fingerprint density at radius 3 is 2.65 bits per heavy atom. The average molecular weight is 338 g/mol. The second-order valence-electron chi connectivity index (χ2n) is 5.52. The zero-order chi connectivity index (χ0) is 14.2. The van der Waals surface area contributed by atoms with Crippen LogP contribution in [0, 0.1) is 0 Å². The summed E-state index contributed by atoms with van der Waals surface area (Å²) in [7, 11) is 0. The Bertz CT molecular complexity index is 436. The third-order valence-corrected chi connectivity index (χ3v) is 4.20. The molecule has 0 amide bonds. The summed E-state index contributed by atoms with van der Waals surface area (Å²) in [6.07, 6.45) is 7.77. The molecular formula is C17H26BrN2+. The average Bonchev–Trinajstić information content (AvgIpc) is 2.55. The van der Waals surface area contributed by atoms with Gasteiger partial charge in [0.05, 0.1) is 6.54 Å². The molecule has 0 saturated carbocycles. The largest absolute Gasteiger partial charge is 0.297 e. The van der Waals surface area contributed by atoms with Crippen molar-refractivity contribution in [2.45, 2.75) is 25.7 Å². The van der Waals surface area contributed by atoms with Gasteiger partial charge in [0.1, 0.15) is 6.54 Å². The van der Waals surface area contributed by atoms with Crippen LogP contribution in [0.2, 0.25) is 0 Å². The van der Waals surface area contributed by atoms with Gasteiger partial charge in [0.15, 0.2) is 12.8 Å². The Balaban J connectivity index is 0.000000704. The summed E-state index contributed by atoms with van der Waals surface area (Å²) in [5.41, 5.74) is 2.93. The zero-order valence-corrected chi connectivity index (χ0v) is 14.1. The summed E-state index contributed by atoms with van der Waals surface area (Å²) in [4.78, 5) is 2.62. The number of nitrogens with zero attached hydrogens (tertiary/aromatic N) is 2. The minimum Gasteiger partial charge on any atom is -0.297 e. The van der Waals surface area contributed by atoms with Gasteiger partial charge in [-0.05, 0) is 43.4 Å². The molecule has 2 aliphatic heterocycles. The third-order valence-electron chi connectivity index (χ3n) is 4.20.